The predicted molar refractivity (Wildman–Crippen MR) is 100.0 cm³/mol. The highest BCUT2D eigenvalue weighted by atomic mass is 35.5. The lowest BCUT2D eigenvalue weighted by Crippen LogP contribution is -2.15. The van der Waals surface area contributed by atoms with Crippen molar-refractivity contribution in [3.63, 3.8) is 0 Å². The van der Waals surface area contributed by atoms with Crippen molar-refractivity contribution in [2.75, 3.05) is 13.2 Å². The number of aromatic nitrogens is 2. The maximum absolute atomic E-state index is 13.9. The Morgan fingerprint density at radius 1 is 1.04 bits per heavy atom. The molecule has 0 spiro atoms. The molecular formula is C20H15ClF2N2O3. The van der Waals surface area contributed by atoms with E-state index in [1.165, 1.54) is 30.3 Å². The Morgan fingerprint density at radius 2 is 1.75 bits per heavy atom. The summed E-state index contributed by atoms with van der Waals surface area (Å²) in [6, 6.07) is 11.3. The van der Waals surface area contributed by atoms with Crippen LogP contribution in [0, 0.1) is 11.6 Å². The van der Waals surface area contributed by atoms with Crippen molar-refractivity contribution in [2.24, 2.45) is 0 Å². The van der Waals surface area contributed by atoms with Gasteiger partial charge in [0.2, 0.25) is 5.88 Å². The molecule has 0 amide bonds. The molecule has 0 aliphatic carbocycles. The second kappa shape index (κ2) is 8.75. The number of carbonyl (C=O) groups excluding carboxylic acids is 1. The van der Waals surface area contributed by atoms with Gasteiger partial charge < -0.3 is 9.47 Å². The summed E-state index contributed by atoms with van der Waals surface area (Å²) in [5, 5.41) is -0.0303. The van der Waals surface area contributed by atoms with E-state index in [0.717, 1.165) is 0 Å². The molecule has 2 aromatic carbocycles. The number of halogens is 3. The molecule has 1 aromatic heterocycles. The summed E-state index contributed by atoms with van der Waals surface area (Å²) in [4.78, 5) is 20.2. The zero-order chi connectivity index (χ0) is 20.1. The maximum atomic E-state index is 13.9. The van der Waals surface area contributed by atoms with Crippen LogP contribution in [0.1, 0.15) is 6.92 Å². The average molecular weight is 405 g/mol. The van der Waals surface area contributed by atoms with Crippen molar-refractivity contribution in [3.05, 3.63) is 65.2 Å². The summed E-state index contributed by atoms with van der Waals surface area (Å²) in [6.45, 7) is 1.56. The van der Waals surface area contributed by atoms with Crippen LogP contribution in [0.4, 0.5) is 8.78 Å². The third kappa shape index (κ3) is 4.80. The molecule has 0 bridgehead atoms. The molecule has 0 radical (unpaired) electrons. The summed E-state index contributed by atoms with van der Waals surface area (Å²) < 4.78 is 37.3. The van der Waals surface area contributed by atoms with Crippen LogP contribution < -0.4 is 4.74 Å². The second-order valence-electron chi connectivity index (χ2n) is 5.64. The van der Waals surface area contributed by atoms with Gasteiger partial charge >= 0.3 is 5.97 Å². The van der Waals surface area contributed by atoms with Gasteiger partial charge in [-0.05, 0) is 49.4 Å². The average Bonchev–Trinajstić information content (AvgIpc) is 2.69. The Kier molecular flexibility index (Phi) is 6.16. The lowest BCUT2D eigenvalue weighted by molar-refractivity contribution is -0.145. The van der Waals surface area contributed by atoms with Crippen LogP contribution in [0.5, 0.6) is 5.88 Å². The first-order valence-corrected chi connectivity index (χ1v) is 8.73. The van der Waals surface area contributed by atoms with Crippen LogP contribution in [0.15, 0.2) is 48.5 Å². The van der Waals surface area contributed by atoms with Gasteiger partial charge in [-0.15, -0.1) is 0 Å². The van der Waals surface area contributed by atoms with Gasteiger partial charge in [-0.3, -0.25) is 0 Å². The largest absolute Gasteiger partial charge is 0.466 e. The first-order valence-electron chi connectivity index (χ1n) is 8.35. The topological polar surface area (TPSA) is 61.3 Å². The van der Waals surface area contributed by atoms with Crippen LogP contribution in [-0.2, 0) is 9.53 Å². The monoisotopic (exact) mass is 404 g/mol. The molecule has 144 valence electrons. The number of rotatable bonds is 6. The zero-order valence-corrected chi connectivity index (χ0v) is 15.5. The minimum Gasteiger partial charge on any atom is -0.466 e. The summed E-state index contributed by atoms with van der Waals surface area (Å²) in [5.74, 6) is -1.31. The Hall–Kier alpha value is -3.06. The van der Waals surface area contributed by atoms with E-state index in [0.29, 0.717) is 16.8 Å². The Morgan fingerprint density at radius 3 is 2.43 bits per heavy atom. The Balaban J connectivity index is 2.01. The standard InChI is InChI=1S/C20H15ClF2N2O3/c1-2-27-19(26)11-28-18-10-17(12-3-6-14(22)7-4-12)24-20(25-18)13-5-8-15(21)16(23)9-13/h3-10H,2,11H2,1H3. The summed E-state index contributed by atoms with van der Waals surface area (Å²) in [7, 11) is 0. The van der Waals surface area contributed by atoms with Gasteiger partial charge in [0.25, 0.3) is 0 Å². The number of esters is 1. The van der Waals surface area contributed by atoms with Gasteiger partial charge in [-0.1, -0.05) is 11.6 Å². The van der Waals surface area contributed by atoms with E-state index in [4.69, 9.17) is 21.1 Å². The second-order valence-corrected chi connectivity index (χ2v) is 6.05. The number of ether oxygens (including phenoxy) is 2. The molecule has 0 unspecified atom stereocenters. The van der Waals surface area contributed by atoms with Gasteiger partial charge in [-0.2, -0.15) is 4.98 Å². The molecule has 0 N–H and O–H groups in total. The van der Waals surface area contributed by atoms with E-state index in [-0.39, 0.29) is 29.9 Å². The van der Waals surface area contributed by atoms with E-state index in [1.54, 1.807) is 25.1 Å². The predicted octanol–water partition coefficient (Wildman–Crippen LogP) is 4.68. The van der Waals surface area contributed by atoms with Gasteiger partial charge in [0.15, 0.2) is 12.4 Å². The molecule has 8 heteroatoms. The normalized spacial score (nSPS) is 10.6. The molecule has 0 aliphatic heterocycles. The SMILES string of the molecule is CCOC(=O)COc1cc(-c2ccc(F)cc2)nc(-c2ccc(Cl)c(F)c2)n1. The smallest absolute Gasteiger partial charge is 0.344 e. The van der Waals surface area contributed by atoms with E-state index >= 15 is 0 Å². The number of nitrogens with zero attached hydrogens (tertiary/aromatic N) is 2. The minimum atomic E-state index is -0.621. The lowest BCUT2D eigenvalue weighted by atomic mass is 10.1. The van der Waals surface area contributed by atoms with Gasteiger partial charge in [0, 0.05) is 17.2 Å². The molecule has 1 heterocycles. The van der Waals surface area contributed by atoms with Gasteiger partial charge in [0.1, 0.15) is 11.6 Å². The first kappa shape index (κ1) is 19.7. The minimum absolute atomic E-state index is 0.0303. The van der Waals surface area contributed by atoms with Crippen LogP contribution in [0.3, 0.4) is 0 Å². The molecule has 28 heavy (non-hydrogen) atoms. The zero-order valence-electron chi connectivity index (χ0n) is 14.8. The fourth-order valence-corrected chi connectivity index (χ4v) is 2.48. The lowest BCUT2D eigenvalue weighted by Gasteiger charge is -2.10. The van der Waals surface area contributed by atoms with Crippen LogP contribution in [0.2, 0.25) is 5.02 Å². The first-order chi connectivity index (χ1) is 13.5. The third-order valence-electron chi connectivity index (χ3n) is 3.66. The Bertz CT molecular complexity index is 997. The van der Waals surface area contributed by atoms with Gasteiger partial charge in [-0.25, -0.2) is 18.6 Å². The van der Waals surface area contributed by atoms with Gasteiger partial charge in [0.05, 0.1) is 17.3 Å². The molecule has 5 nitrogen and oxygen atoms in total. The summed E-state index contributed by atoms with van der Waals surface area (Å²) in [5.41, 5.74) is 1.38. The highest BCUT2D eigenvalue weighted by Gasteiger charge is 2.13. The molecule has 0 atom stereocenters. The highest BCUT2D eigenvalue weighted by Crippen LogP contribution is 2.27. The van der Waals surface area contributed by atoms with E-state index in [2.05, 4.69) is 9.97 Å². The molecule has 0 fully saturated rings. The molecule has 3 rings (SSSR count). The van der Waals surface area contributed by atoms with Crippen molar-refractivity contribution in [3.8, 4) is 28.5 Å². The summed E-state index contributed by atoms with van der Waals surface area (Å²) >= 11 is 5.73. The molecular weight excluding hydrogens is 390 g/mol. The van der Waals surface area contributed by atoms with Crippen LogP contribution in [-0.4, -0.2) is 29.2 Å². The fraction of sp³-hybridized carbons (Fsp3) is 0.150. The summed E-state index contributed by atoms with van der Waals surface area (Å²) in [6.07, 6.45) is 0. The van der Waals surface area contributed by atoms with Crippen molar-refractivity contribution < 1.29 is 23.0 Å². The molecule has 0 aliphatic rings. The van der Waals surface area contributed by atoms with E-state index in [1.807, 2.05) is 0 Å². The highest BCUT2D eigenvalue weighted by molar-refractivity contribution is 6.30. The van der Waals surface area contributed by atoms with Crippen molar-refractivity contribution in [2.45, 2.75) is 6.92 Å². The number of hydrogen-bond donors (Lipinski definition) is 0. The number of benzene rings is 2. The van der Waals surface area contributed by atoms with Crippen molar-refractivity contribution in [1.29, 1.82) is 0 Å². The van der Waals surface area contributed by atoms with Crippen LogP contribution >= 0.6 is 11.6 Å². The van der Waals surface area contributed by atoms with Crippen molar-refractivity contribution in [1.82, 2.24) is 9.97 Å². The molecule has 3 aromatic rings. The quantitative estimate of drug-likeness (QED) is 0.558. The van der Waals surface area contributed by atoms with Crippen LogP contribution in [0.25, 0.3) is 22.6 Å². The van der Waals surface area contributed by atoms with E-state index < -0.39 is 17.6 Å². The Labute approximate surface area is 164 Å². The molecule has 0 saturated heterocycles. The van der Waals surface area contributed by atoms with E-state index in [9.17, 15) is 13.6 Å². The number of carbonyl (C=O) groups is 1. The number of hydrogen-bond acceptors (Lipinski definition) is 5. The third-order valence-corrected chi connectivity index (χ3v) is 3.97. The molecule has 0 saturated carbocycles. The van der Waals surface area contributed by atoms with Crippen molar-refractivity contribution >= 4 is 17.6 Å². The fourth-order valence-electron chi connectivity index (χ4n) is 2.37. The maximum Gasteiger partial charge on any atom is 0.344 e.